The molecule has 0 fully saturated rings. The molecular formula is C11H17Cl2FN2. The molecule has 92 valence electrons. The fourth-order valence-corrected chi connectivity index (χ4v) is 1.62. The zero-order chi connectivity index (χ0) is 11.4. The second-order valence-electron chi connectivity index (χ2n) is 3.92. The minimum absolute atomic E-state index is 0. The van der Waals surface area contributed by atoms with Crippen molar-refractivity contribution in [2.75, 3.05) is 13.6 Å². The van der Waals surface area contributed by atoms with Gasteiger partial charge in [0.15, 0.2) is 0 Å². The van der Waals surface area contributed by atoms with Crippen molar-refractivity contribution in [2.24, 2.45) is 5.73 Å². The Bertz CT molecular complexity index is 332. The van der Waals surface area contributed by atoms with Crippen molar-refractivity contribution in [3.8, 4) is 0 Å². The molecule has 5 heteroatoms. The van der Waals surface area contributed by atoms with Crippen LogP contribution in [0.25, 0.3) is 0 Å². The molecule has 1 aromatic carbocycles. The lowest BCUT2D eigenvalue weighted by Gasteiger charge is -2.18. The molecule has 0 amide bonds. The Labute approximate surface area is 107 Å². The van der Waals surface area contributed by atoms with E-state index in [1.54, 1.807) is 6.07 Å². The summed E-state index contributed by atoms with van der Waals surface area (Å²) in [6.07, 6.45) is 0. The maximum atomic E-state index is 13.1. The van der Waals surface area contributed by atoms with Crippen molar-refractivity contribution in [2.45, 2.75) is 19.5 Å². The van der Waals surface area contributed by atoms with E-state index < -0.39 is 0 Å². The van der Waals surface area contributed by atoms with Crippen LogP contribution in [-0.2, 0) is 6.54 Å². The molecule has 0 saturated carbocycles. The highest BCUT2D eigenvalue weighted by Gasteiger charge is 2.05. The summed E-state index contributed by atoms with van der Waals surface area (Å²) in [5.74, 6) is -0.372. The van der Waals surface area contributed by atoms with Gasteiger partial charge in [-0.05, 0) is 31.7 Å². The number of benzene rings is 1. The third-order valence-electron chi connectivity index (χ3n) is 2.04. The lowest BCUT2D eigenvalue weighted by atomic mass is 10.2. The van der Waals surface area contributed by atoms with E-state index >= 15 is 0 Å². The van der Waals surface area contributed by atoms with Gasteiger partial charge in [0.1, 0.15) is 5.82 Å². The smallest absolute Gasteiger partial charge is 0.142 e. The number of rotatable bonds is 4. The van der Waals surface area contributed by atoms with Gasteiger partial charge in [-0.2, -0.15) is 0 Å². The average Bonchev–Trinajstić information content (AvgIpc) is 2.10. The van der Waals surface area contributed by atoms with Crippen LogP contribution in [0.15, 0.2) is 18.2 Å². The van der Waals surface area contributed by atoms with Gasteiger partial charge >= 0.3 is 0 Å². The molecule has 0 spiro atoms. The molecule has 0 heterocycles. The molecule has 0 bridgehead atoms. The van der Waals surface area contributed by atoms with Crippen molar-refractivity contribution >= 4 is 24.0 Å². The number of nitrogens with zero attached hydrogens (tertiary/aromatic N) is 1. The fourth-order valence-electron chi connectivity index (χ4n) is 1.51. The number of halogens is 3. The summed E-state index contributed by atoms with van der Waals surface area (Å²) >= 11 is 5.59. The second kappa shape index (κ2) is 7.07. The molecule has 2 N–H and O–H groups in total. The first kappa shape index (κ1) is 15.7. The molecule has 0 aliphatic carbocycles. The van der Waals surface area contributed by atoms with Crippen molar-refractivity contribution in [3.63, 3.8) is 0 Å². The van der Waals surface area contributed by atoms with Gasteiger partial charge in [-0.1, -0.05) is 17.7 Å². The SMILES string of the molecule is CC(N)CN(C)Cc1ccc(Cl)c(F)c1.Cl. The molecule has 0 aliphatic rings. The van der Waals surface area contributed by atoms with Crippen LogP contribution in [0.3, 0.4) is 0 Å². The highest BCUT2D eigenvalue weighted by molar-refractivity contribution is 6.30. The molecule has 16 heavy (non-hydrogen) atoms. The van der Waals surface area contributed by atoms with Crippen LogP contribution >= 0.6 is 24.0 Å². The highest BCUT2D eigenvalue weighted by atomic mass is 35.5. The van der Waals surface area contributed by atoms with E-state index in [0.717, 1.165) is 12.1 Å². The van der Waals surface area contributed by atoms with Crippen LogP contribution in [-0.4, -0.2) is 24.5 Å². The monoisotopic (exact) mass is 266 g/mol. The number of likely N-dealkylation sites (N-methyl/N-ethyl adjacent to an activating group) is 1. The summed E-state index contributed by atoms with van der Waals surface area (Å²) in [5, 5.41) is 0.161. The summed E-state index contributed by atoms with van der Waals surface area (Å²) < 4.78 is 13.1. The lowest BCUT2D eigenvalue weighted by molar-refractivity contribution is 0.309. The lowest BCUT2D eigenvalue weighted by Crippen LogP contribution is -2.32. The average molecular weight is 267 g/mol. The molecule has 2 nitrogen and oxygen atoms in total. The van der Waals surface area contributed by atoms with Crippen molar-refractivity contribution in [1.29, 1.82) is 0 Å². The van der Waals surface area contributed by atoms with E-state index in [1.165, 1.54) is 6.07 Å². The quantitative estimate of drug-likeness (QED) is 0.908. The molecule has 0 saturated heterocycles. The summed E-state index contributed by atoms with van der Waals surface area (Å²) in [6.45, 7) is 3.40. The van der Waals surface area contributed by atoms with Gasteiger partial charge < -0.3 is 10.6 Å². The van der Waals surface area contributed by atoms with E-state index in [0.29, 0.717) is 6.54 Å². The van der Waals surface area contributed by atoms with E-state index in [2.05, 4.69) is 0 Å². The van der Waals surface area contributed by atoms with Gasteiger partial charge in [-0.25, -0.2) is 4.39 Å². The van der Waals surface area contributed by atoms with Gasteiger partial charge in [0.2, 0.25) is 0 Å². The van der Waals surface area contributed by atoms with Gasteiger partial charge in [-0.3, -0.25) is 0 Å². The fraction of sp³-hybridized carbons (Fsp3) is 0.455. The van der Waals surface area contributed by atoms with E-state index in [4.69, 9.17) is 17.3 Å². The maximum Gasteiger partial charge on any atom is 0.142 e. The molecule has 1 rings (SSSR count). The summed E-state index contributed by atoms with van der Waals surface area (Å²) in [4.78, 5) is 2.05. The maximum absolute atomic E-state index is 13.1. The molecule has 1 unspecified atom stereocenters. The normalized spacial score (nSPS) is 12.4. The van der Waals surface area contributed by atoms with E-state index in [1.807, 2.05) is 24.9 Å². The van der Waals surface area contributed by atoms with Crippen molar-refractivity contribution < 1.29 is 4.39 Å². The van der Waals surface area contributed by atoms with Gasteiger partial charge in [0.05, 0.1) is 5.02 Å². The van der Waals surface area contributed by atoms with Crippen LogP contribution in [0, 0.1) is 5.82 Å². The number of hydrogen-bond donors (Lipinski definition) is 1. The highest BCUT2D eigenvalue weighted by Crippen LogP contribution is 2.16. The molecule has 0 radical (unpaired) electrons. The van der Waals surface area contributed by atoms with E-state index in [9.17, 15) is 4.39 Å². The van der Waals surface area contributed by atoms with Gasteiger partial charge in [-0.15, -0.1) is 12.4 Å². The summed E-state index contributed by atoms with van der Waals surface area (Å²) in [5.41, 5.74) is 6.57. The van der Waals surface area contributed by atoms with Crippen molar-refractivity contribution in [3.05, 3.63) is 34.6 Å². The Balaban J connectivity index is 0.00000225. The van der Waals surface area contributed by atoms with E-state index in [-0.39, 0.29) is 29.3 Å². The molecule has 1 aromatic rings. The number of nitrogens with two attached hydrogens (primary N) is 1. The summed E-state index contributed by atoms with van der Waals surface area (Å²) in [7, 11) is 1.95. The first-order valence-electron chi connectivity index (χ1n) is 4.87. The van der Waals surface area contributed by atoms with Gasteiger partial charge in [0.25, 0.3) is 0 Å². The van der Waals surface area contributed by atoms with Crippen LogP contribution in [0.2, 0.25) is 5.02 Å². The molecule has 0 aliphatic heterocycles. The summed E-state index contributed by atoms with van der Waals surface area (Å²) in [6, 6.07) is 4.97. The molecular weight excluding hydrogens is 250 g/mol. The van der Waals surface area contributed by atoms with Crippen LogP contribution in [0.5, 0.6) is 0 Å². The van der Waals surface area contributed by atoms with Crippen LogP contribution in [0.1, 0.15) is 12.5 Å². The third-order valence-corrected chi connectivity index (χ3v) is 2.34. The second-order valence-corrected chi connectivity index (χ2v) is 4.33. The first-order valence-corrected chi connectivity index (χ1v) is 5.25. The Morgan fingerprint density at radius 1 is 1.50 bits per heavy atom. The predicted molar refractivity (Wildman–Crippen MR) is 68.6 cm³/mol. The third kappa shape index (κ3) is 5.12. The van der Waals surface area contributed by atoms with Crippen molar-refractivity contribution in [1.82, 2.24) is 4.90 Å². The Morgan fingerprint density at radius 3 is 2.62 bits per heavy atom. The van der Waals surface area contributed by atoms with Gasteiger partial charge in [0, 0.05) is 19.1 Å². The topological polar surface area (TPSA) is 29.3 Å². The minimum Gasteiger partial charge on any atom is -0.327 e. The minimum atomic E-state index is -0.372. The van der Waals surface area contributed by atoms with Crippen LogP contribution in [0.4, 0.5) is 4.39 Å². The van der Waals surface area contributed by atoms with Crippen LogP contribution < -0.4 is 5.73 Å². The zero-order valence-corrected chi connectivity index (χ0v) is 11.0. The zero-order valence-electron chi connectivity index (χ0n) is 9.41. The Hall–Kier alpha value is -0.350. The molecule has 0 aromatic heterocycles. The molecule has 1 atom stereocenters. The standard InChI is InChI=1S/C11H16ClFN2.ClH/c1-8(14)6-15(2)7-9-3-4-10(12)11(13)5-9;/h3-5,8H,6-7,14H2,1-2H3;1H. The Morgan fingerprint density at radius 2 is 2.12 bits per heavy atom. The Kier molecular flexibility index (Phi) is 6.91. The number of hydrogen-bond acceptors (Lipinski definition) is 2. The first-order chi connectivity index (χ1) is 6.99. The predicted octanol–water partition coefficient (Wildman–Crippen LogP) is 2.68. The largest absolute Gasteiger partial charge is 0.327 e.